The maximum Gasteiger partial charge on any atom is 0.306 e. The third-order valence-electron chi connectivity index (χ3n) is 11.5. The van der Waals surface area contributed by atoms with Crippen molar-refractivity contribution in [2.45, 2.75) is 109 Å². The van der Waals surface area contributed by atoms with E-state index < -0.39 is 30.7 Å². The predicted molar refractivity (Wildman–Crippen MR) is 244 cm³/mol. The van der Waals surface area contributed by atoms with Crippen LogP contribution in [0.25, 0.3) is 11.1 Å². The van der Waals surface area contributed by atoms with Gasteiger partial charge in [-0.15, -0.1) is 0 Å². The molecule has 6 rings (SSSR count). The van der Waals surface area contributed by atoms with Gasteiger partial charge < -0.3 is 54.0 Å². The first-order chi connectivity index (χ1) is 30.9. The van der Waals surface area contributed by atoms with E-state index >= 15 is 0 Å². The van der Waals surface area contributed by atoms with Crippen LogP contribution in [0.2, 0.25) is 0 Å². The van der Waals surface area contributed by atoms with E-state index in [2.05, 4.69) is 34.9 Å². The molecule has 0 spiro atoms. The molecule has 1 aliphatic heterocycles. The summed E-state index contributed by atoms with van der Waals surface area (Å²) < 4.78 is 40.7. The van der Waals surface area contributed by atoms with Crippen molar-refractivity contribution in [3.63, 3.8) is 0 Å². The Balaban J connectivity index is 0.909. The number of amides is 1. The van der Waals surface area contributed by atoms with Gasteiger partial charge in [-0.25, -0.2) is 0 Å². The van der Waals surface area contributed by atoms with Crippen molar-refractivity contribution < 1.29 is 53.0 Å². The number of benzene rings is 4. The first-order valence-corrected chi connectivity index (χ1v) is 22.5. The summed E-state index contributed by atoms with van der Waals surface area (Å²) in [6, 6.07) is 30.0. The molecule has 0 aromatic heterocycles. The number of carbonyl (C=O) groups excluding carboxylic acids is 2. The monoisotopic (exact) mass is 882 g/mol. The van der Waals surface area contributed by atoms with E-state index in [-0.39, 0.29) is 55.6 Å². The number of aliphatic hydroxyl groups is 2. The van der Waals surface area contributed by atoms with Crippen molar-refractivity contribution in [3.05, 3.63) is 119 Å². The van der Waals surface area contributed by atoms with E-state index in [1.54, 1.807) is 7.11 Å². The lowest BCUT2D eigenvalue weighted by atomic mass is 9.86. The normalized spacial score (nSPS) is 19.9. The molecular formula is C51H66N2O11. The lowest BCUT2D eigenvalue weighted by molar-refractivity contribution is -0.312. The van der Waals surface area contributed by atoms with Crippen LogP contribution in [0.5, 0.6) is 11.5 Å². The van der Waals surface area contributed by atoms with Gasteiger partial charge in [0.1, 0.15) is 42.5 Å². The van der Waals surface area contributed by atoms with Crippen LogP contribution in [-0.4, -0.2) is 118 Å². The van der Waals surface area contributed by atoms with Gasteiger partial charge in [0, 0.05) is 38.1 Å². The van der Waals surface area contributed by atoms with Crippen LogP contribution in [-0.2, 0) is 33.3 Å². The third-order valence-corrected chi connectivity index (χ3v) is 11.5. The number of nitrogens with one attached hydrogen (secondary N) is 2. The van der Waals surface area contributed by atoms with Crippen molar-refractivity contribution in [3.8, 4) is 22.6 Å². The van der Waals surface area contributed by atoms with Gasteiger partial charge in [0.25, 0.3) is 5.91 Å². The Morgan fingerprint density at radius 3 is 2.06 bits per heavy atom. The van der Waals surface area contributed by atoms with Crippen molar-refractivity contribution in [2.24, 2.45) is 0 Å². The van der Waals surface area contributed by atoms with Crippen molar-refractivity contribution in [1.29, 1.82) is 0 Å². The van der Waals surface area contributed by atoms with Gasteiger partial charge in [-0.3, -0.25) is 9.59 Å². The summed E-state index contributed by atoms with van der Waals surface area (Å²) in [7, 11) is 1.63. The number of hydrogen-bond donors (Lipinski definition) is 4. The van der Waals surface area contributed by atoms with Crippen molar-refractivity contribution in [1.82, 2.24) is 10.6 Å². The minimum Gasteiger partial charge on any atom is -0.497 e. The van der Waals surface area contributed by atoms with E-state index in [1.165, 1.54) is 22.3 Å². The van der Waals surface area contributed by atoms with Crippen molar-refractivity contribution in [2.75, 3.05) is 53.2 Å². The molecule has 4 aromatic carbocycles. The number of esters is 1. The molecule has 13 nitrogen and oxygen atoms in total. The molecule has 4 aromatic rings. The summed E-state index contributed by atoms with van der Waals surface area (Å²) in [4.78, 5) is 26.2. The van der Waals surface area contributed by atoms with Crippen molar-refractivity contribution >= 4 is 11.9 Å². The zero-order chi connectivity index (χ0) is 45.6. The third kappa shape index (κ3) is 13.1. The van der Waals surface area contributed by atoms with Gasteiger partial charge in [0.15, 0.2) is 12.9 Å². The summed E-state index contributed by atoms with van der Waals surface area (Å²) >= 11 is 0. The van der Waals surface area contributed by atoms with Gasteiger partial charge in [-0.2, -0.15) is 0 Å². The minimum absolute atomic E-state index is 0.0264. The Labute approximate surface area is 377 Å². The highest BCUT2D eigenvalue weighted by Crippen LogP contribution is 2.45. The molecule has 2 aliphatic rings. The van der Waals surface area contributed by atoms with E-state index in [4.69, 9.17) is 33.2 Å². The lowest BCUT2D eigenvalue weighted by Crippen LogP contribution is -2.62. The Hall–Kier alpha value is -4.86. The highest BCUT2D eigenvalue weighted by molar-refractivity contribution is 5.79. The second-order valence-corrected chi connectivity index (χ2v) is 17.0. The van der Waals surface area contributed by atoms with Crippen LogP contribution in [0.1, 0.15) is 86.6 Å². The van der Waals surface area contributed by atoms with Gasteiger partial charge in [0.2, 0.25) is 0 Å². The first-order valence-electron chi connectivity index (χ1n) is 22.5. The average Bonchev–Trinajstić information content (AvgIpc) is 3.61. The molecule has 1 aliphatic carbocycles. The van der Waals surface area contributed by atoms with Crippen LogP contribution in [0, 0.1) is 6.92 Å². The van der Waals surface area contributed by atoms with Gasteiger partial charge in [-0.05, 0) is 117 Å². The highest BCUT2D eigenvalue weighted by atomic mass is 16.7. The predicted octanol–water partition coefficient (Wildman–Crippen LogP) is 6.43. The molecule has 6 atom stereocenters. The second kappa shape index (κ2) is 23.9. The molecule has 0 saturated carbocycles. The molecule has 1 amide bonds. The number of aliphatic hydroxyl groups excluding tert-OH is 2. The fourth-order valence-corrected chi connectivity index (χ4v) is 8.39. The Morgan fingerprint density at radius 1 is 0.781 bits per heavy atom. The molecular weight excluding hydrogens is 817 g/mol. The lowest BCUT2D eigenvalue weighted by Gasteiger charge is -2.43. The molecule has 4 N–H and O–H groups in total. The largest absolute Gasteiger partial charge is 0.497 e. The zero-order valence-corrected chi connectivity index (χ0v) is 38.0. The number of ether oxygens (including phenoxy) is 7. The van der Waals surface area contributed by atoms with Crippen LogP contribution in [0.4, 0.5) is 0 Å². The maximum atomic E-state index is 13.6. The molecule has 13 heteroatoms. The van der Waals surface area contributed by atoms with Crippen LogP contribution in [0.15, 0.2) is 91.0 Å². The van der Waals surface area contributed by atoms with Crippen LogP contribution >= 0.6 is 0 Å². The van der Waals surface area contributed by atoms with Gasteiger partial charge in [0.05, 0.1) is 25.7 Å². The molecule has 1 fully saturated rings. The summed E-state index contributed by atoms with van der Waals surface area (Å²) in [5, 5.41) is 27.5. The first kappa shape index (κ1) is 48.6. The Bertz CT molecular complexity index is 2050. The molecule has 64 heavy (non-hydrogen) atoms. The number of carbonyl (C=O) groups is 2. The summed E-state index contributed by atoms with van der Waals surface area (Å²) in [6.07, 6.45) is -3.30. The minimum atomic E-state index is -1.21. The van der Waals surface area contributed by atoms with E-state index in [9.17, 15) is 19.8 Å². The van der Waals surface area contributed by atoms with E-state index in [0.29, 0.717) is 45.0 Å². The summed E-state index contributed by atoms with van der Waals surface area (Å²) in [5.41, 5.74) is 7.61. The van der Waals surface area contributed by atoms with Crippen LogP contribution < -0.4 is 20.1 Å². The smallest absolute Gasteiger partial charge is 0.306 e. The topological polar surface area (TPSA) is 163 Å². The highest BCUT2D eigenvalue weighted by Gasteiger charge is 2.46. The number of methoxy groups -OCH3 is 1. The zero-order valence-electron chi connectivity index (χ0n) is 38.0. The van der Waals surface area contributed by atoms with E-state index in [0.717, 1.165) is 28.9 Å². The maximum absolute atomic E-state index is 13.6. The quantitative estimate of drug-likeness (QED) is 0.0452. The molecule has 1 heterocycles. The second-order valence-electron chi connectivity index (χ2n) is 17.0. The fourth-order valence-electron chi connectivity index (χ4n) is 8.39. The SMILES string of the molecule is COc1ccc(C(CC(=O)OCC2c3ccccc3-c3ccccc32)c2ccc(OCC(=O)NCCCOCCCNCC3OC(OC(C)C)C(O)C(O)C3OC(C)C)cc2)c(C)c1. The van der Waals surface area contributed by atoms with Gasteiger partial charge in [-0.1, -0.05) is 66.7 Å². The number of hydrogen-bond acceptors (Lipinski definition) is 12. The summed E-state index contributed by atoms with van der Waals surface area (Å²) in [6.45, 7) is 12.1. The number of aryl methyl sites for hydroxylation is 1. The Morgan fingerprint density at radius 2 is 1.42 bits per heavy atom. The molecule has 0 bridgehead atoms. The molecule has 1 saturated heterocycles. The number of fused-ring (bicyclic) bond motifs is 3. The van der Waals surface area contributed by atoms with Crippen LogP contribution in [0.3, 0.4) is 0 Å². The summed E-state index contributed by atoms with van der Waals surface area (Å²) in [5.74, 6) is 0.447. The molecule has 0 radical (unpaired) electrons. The Kier molecular flexibility index (Phi) is 18.1. The van der Waals surface area contributed by atoms with E-state index in [1.807, 2.05) is 101 Å². The average molecular weight is 883 g/mol. The molecule has 346 valence electrons. The fraction of sp³-hybridized carbons (Fsp3) is 0.490. The molecule has 6 unspecified atom stereocenters. The number of rotatable bonds is 24. The standard InChI is InChI=1S/C51H66N2O11/c1-32(2)62-50-45(64-51(63-33(3)4)49(57)48(50)56)29-52-23-11-25-59-26-12-24-53-46(54)31-60-36-19-17-35(18-20-36)43(38-22-21-37(58-6)27-34(38)5)28-47(55)61-30-44-41-15-9-7-13-39(41)40-14-8-10-16-42(40)44/h7-10,13-22,27,32-33,43-45,48-52,56-57H,11-12,23-26,28-31H2,1-6H3,(H,53,54). The van der Waals surface area contributed by atoms with Gasteiger partial charge >= 0.3 is 5.97 Å².